The molecule has 0 unspecified atom stereocenters. The van der Waals surface area contributed by atoms with Gasteiger partial charge in [-0.05, 0) is 50.2 Å². The number of ether oxygens (including phenoxy) is 1. The molecule has 0 N–H and O–H groups in total. The van der Waals surface area contributed by atoms with E-state index < -0.39 is 0 Å². The second kappa shape index (κ2) is 7.67. The molecule has 1 saturated heterocycles. The summed E-state index contributed by atoms with van der Waals surface area (Å²) in [4.78, 5) is 14.9. The van der Waals surface area contributed by atoms with Crippen LogP contribution < -0.4 is 0 Å². The first-order valence-corrected chi connectivity index (χ1v) is 9.69. The van der Waals surface area contributed by atoms with Crippen LogP contribution in [0.5, 0.6) is 0 Å². The van der Waals surface area contributed by atoms with Crippen LogP contribution in [0, 0.1) is 18.8 Å². The molecule has 1 amide bonds. The minimum atomic E-state index is 0.0787. The molecule has 26 heavy (non-hydrogen) atoms. The summed E-state index contributed by atoms with van der Waals surface area (Å²) < 4.78 is 11.6. The zero-order chi connectivity index (χ0) is 17.9. The lowest BCUT2D eigenvalue weighted by molar-refractivity contribution is -0.0326. The number of carbonyl (C=O) groups excluding carboxylic acids is 1. The smallest absolute Gasteiger partial charge is 0.257 e. The summed E-state index contributed by atoms with van der Waals surface area (Å²) in [5.41, 5.74) is 1.99. The van der Waals surface area contributed by atoms with Crippen LogP contribution in [0.25, 0.3) is 0 Å². The molecular formula is C22H27NO3. The number of amides is 1. The Morgan fingerprint density at radius 2 is 2.00 bits per heavy atom. The van der Waals surface area contributed by atoms with Gasteiger partial charge in [0.1, 0.15) is 5.76 Å². The lowest BCUT2D eigenvalue weighted by Gasteiger charge is -2.38. The standard InChI is InChI=1S/C22H27NO3/c1-16-20(10-12-25-16)22(24)23-11-9-21(26-15-18-7-8-18)19(14-23)13-17-5-3-2-4-6-17/h2-6,10,12,18-19,21H,7-9,11,13-15H2,1H3/t19-,21+/m0/s1. The Kier molecular flexibility index (Phi) is 5.11. The van der Waals surface area contributed by atoms with Crippen LogP contribution in [-0.2, 0) is 11.2 Å². The Balaban J connectivity index is 1.46. The molecule has 1 saturated carbocycles. The predicted molar refractivity (Wildman–Crippen MR) is 100 cm³/mol. The number of piperidine rings is 1. The van der Waals surface area contributed by atoms with Crippen molar-refractivity contribution in [3.05, 3.63) is 59.5 Å². The fraction of sp³-hybridized carbons (Fsp3) is 0.500. The number of likely N-dealkylation sites (tertiary alicyclic amines) is 1. The van der Waals surface area contributed by atoms with Crippen LogP contribution in [0.2, 0.25) is 0 Å². The number of benzene rings is 1. The Hall–Kier alpha value is -2.07. The Labute approximate surface area is 155 Å². The summed E-state index contributed by atoms with van der Waals surface area (Å²) in [6.07, 6.45) is 6.30. The summed E-state index contributed by atoms with van der Waals surface area (Å²) in [7, 11) is 0. The average molecular weight is 353 g/mol. The zero-order valence-corrected chi connectivity index (χ0v) is 15.4. The molecule has 0 bridgehead atoms. The van der Waals surface area contributed by atoms with Gasteiger partial charge in [-0.2, -0.15) is 0 Å². The summed E-state index contributed by atoms with van der Waals surface area (Å²) in [6.45, 7) is 4.22. The van der Waals surface area contributed by atoms with Crippen LogP contribution in [0.4, 0.5) is 0 Å². The second-order valence-corrected chi connectivity index (χ2v) is 7.70. The third kappa shape index (κ3) is 4.01. The van der Waals surface area contributed by atoms with Crippen molar-refractivity contribution in [2.24, 2.45) is 11.8 Å². The van der Waals surface area contributed by atoms with E-state index in [0.717, 1.165) is 38.5 Å². The molecule has 0 radical (unpaired) electrons. The molecule has 2 atom stereocenters. The number of aryl methyl sites for hydroxylation is 1. The lowest BCUT2D eigenvalue weighted by atomic mass is 9.88. The summed E-state index contributed by atoms with van der Waals surface area (Å²) in [5, 5.41) is 0. The van der Waals surface area contributed by atoms with Gasteiger partial charge in [0.2, 0.25) is 0 Å². The number of nitrogens with zero attached hydrogens (tertiary/aromatic N) is 1. The minimum Gasteiger partial charge on any atom is -0.469 e. The second-order valence-electron chi connectivity index (χ2n) is 7.70. The van der Waals surface area contributed by atoms with E-state index in [2.05, 4.69) is 24.3 Å². The highest BCUT2D eigenvalue weighted by Crippen LogP contribution is 2.32. The largest absolute Gasteiger partial charge is 0.469 e. The first-order valence-electron chi connectivity index (χ1n) is 9.69. The highest BCUT2D eigenvalue weighted by atomic mass is 16.5. The molecule has 4 nitrogen and oxygen atoms in total. The highest BCUT2D eigenvalue weighted by Gasteiger charge is 2.34. The van der Waals surface area contributed by atoms with Crippen LogP contribution in [-0.4, -0.2) is 36.6 Å². The topological polar surface area (TPSA) is 42.7 Å². The average Bonchev–Trinajstić information content (AvgIpc) is 3.40. The van der Waals surface area contributed by atoms with Gasteiger partial charge in [0.15, 0.2) is 0 Å². The van der Waals surface area contributed by atoms with E-state index in [4.69, 9.17) is 9.15 Å². The number of hydrogen-bond acceptors (Lipinski definition) is 3. The van der Waals surface area contributed by atoms with Crippen LogP contribution >= 0.6 is 0 Å². The van der Waals surface area contributed by atoms with Crippen molar-refractivity contribution in [3.8, 4) is 0 Å². The quantitative estimate of drug-likeness (QED) is 0.786. The molecule has 2 aliphatic rings. The minimum absolute atomic E-state index is 0.0787. The lowest BCUT2D eigenvalue weighted by Crippen LogP contribution is -2.47. The third-order valence-corrected chi connectivity index (χ3v) is 5.62. The van der Waals surface area contributed by atoms with Gasteiger partial charge in [-0.1, -0.05) is 30.3 Å². The van der Waals surface area contributed by atoms with E-state index in [1.807, 2.05) is 17.9 Å². The van der Waals surface area contributed by atoms with E-state index in [1.54, 1.807) is 12.3 Å². The summed E-state index contributed by atoms with van der Waals surface area (Å²) >= 11 is 0. The van der Waals surface area contributed by atoms with Crippen LogP contribution in [0.15, 0.2) is 47.1 Å². The number of rotatable bonds is 6. The van der Waals surface area contributed by atoms with Crippen molar-refractivity contribution in [2.45, 2.75) is 38.7 Å². The molecule has 1 aliphatic carbocycles. The number of furan rings is 1. The molecule has 1 aromatic heterocycles. The van der Waals surface area contributed by atoms with Crippen molar-refractivity contribution < 1.29 is 13.9 Å². The van der Waals surface area contributed by atoms with Crippen molar-refractivity contribution >= 4 is 5.91 Å². The third-order valence-electron chi connectivity index (χ3n) is 5.62. The van der Waals surface area contributed by atoms with Crippen LogP contribution in [0.1, 0.15) is 40.9 Å². The Bertz CT molecular complexity index is 735. The number of hydrogen-bond donors (Lipinski definition) is 0. The summed E-state index contributed by atoms with van der Waals surface area (Å²) in [6, 6.07) is 12.3. The van der Waals surface area contributed by atoms with E-state index in [9.17, 15) is 4.79 Å². The normalized spacial score (nSPS) is 23.2. The Morgan fingerprint density at radius 3 is 2.69 bits per heavy atom. The van der Waals surface area contributed by atoms with Gasteiger partial charge in [0.05, 0.1) is 17.9 Å². The van der Waals surface area contributed by atoms with Gasteiger partial charge in [-0.15, -0.1) is 0 Å². The van der Waals surface area contributed by atoms with Gasteiger partial charge in [0, 0.05) is 25.6 Å². The molecule has 138 valence electrons. The zero-order valence-electron chi connectivity index (χ0n) is 15.4. The van der Waals surface area contributed by atoms with E-state index in [0.29, 0.717) is 17.2 Å². The molecule has 2 aromatic rings. The fourth-order valence-corrected chi connectivity index (χ4v) is 3.85. The maximum atomic E-state index is 12.9. The maximum Gasteiger partial charge on any atom is 0.257 e. The maximum absolute atomic E-state index is 12.9. The molecule has 4 rings (SSSR count). The monoisotopic (exact) mass is 353 g/mol. The van der Waals surface area contributed by atoms with Crippen LogP contribution in [0.3, 0.4) is 0 Å². The summed E-state index contributed by atoms with van der Waals surface area (Å²) in [5.74, 6) is 1.87. The van der Waals surface area contributed by atoms with Crippen molar-refractivity contribution in [1.82, 2.24) is 4.90 Å². The van der Waals surface area contributed by atoms with Gasteiger partial charge in [-0.3, -0.25) is 4.79 Å². The molecular weight excluding hydrogens is 326 g/mol. The van der Waals surface area contributed by atoms with Crippen molar-refractivity contribution in [2.75, 3.05) is 19.7 Å². The Morgan fingerprint density at radius 1 is 1.19 bits per heavy atom. The van der Waals surface area contributed by atoms with Crippen molar-refractivity contribution in [1.29, 1.82) is 0 Å². The predicted octanol–water partition coefficient (Wildman–Crippen LogP) is 4.09. The molecule has 0 spiro atoms. The SMILES string of the molecule is Cc1occc1C(=O)N1CC[C@@H](OCC2CC2)[C@@H](Cc2ccccc2)C1. The van der Waals surface area contributed by atoms with Gasteiger partial charge >= 0.3 is 0 Å². The van der Waals surface area contributed by atoms with Gasteiger partial charge in [0.25, 0.3) is 5.91 Å². The molecule has 2 heterocycles. The van der Waals surface area contributed by atoms with E-state index in [1.165, 1.54) is 18.4 Å². The molecule has 1 aliphatic heterocycles. The van der Waals surface area contributed by atoms with E-state index in [-0.39, 0.29) is 12.0 Å². The highest BCUT2D eigenvalue weighted by molar-refractivity contribution is 5.95. The first-order chi connectivity index (χ1) is 12.7. The fourth-order valence-electron chi connectivity index (χ4n) is 3.85. The van der Waals surface area contributed by atoms with Gasteiger partial charge in [-0.25, -0.2) is 0 Å². The first kappa shape index (κ1) is 17.3. The van der Waals surface area contributed by atoms with E-state index >= 15 is 0 Å². The molecule has 4 heteroatoms. The van der Waals surface area contributed by atoms with Crippen molar-refractivity contribution in [3.63, 3.8) is 0 Å². The number of carbonyl (C=O) groups is 1. The molecule has 1 aromatic carbocycles. The molecule has 2 fully saturated rings. The van der Waals surface area contributed by atoms with Gasteiger partial charge < -0.3 is 14.1 Å².